The van der Waals surface area contributed by atoms with Gasteiger partial charge < -0.3 is 4.42 Å². The third-order valence-electron chi connectivity index (χ3n) is 4.68. The molecule has 144 valence electrons. The fourth-order valence-electron chi connectivity index (χ4n) is 3.33. The third kappa shape index (κ3) is 3.56. The summed E-state index contributed by atoms with van der Waals surface area (Å²) in [5.74, 6) is 0.895. The van der Waals surface area contributed by atoms with Crippen LogP contribution in [-0.2, 0) is 4.79 Å². The second-order valence-corrected chi connectivity index (χ2v) is 8.43. The number of benzene rings is 1. The zero-order valence-electron chi connectivity index (χ0n) is 15.3. The highest BCUT2D eigenvalue weighted by Crippen LogP contribution is 2.36. The first-order valence-electron chi connectivity index (χ1n) is 9.09. The van der Waals surface area contributed by atoms with Crippen molar-refractivity contribution in [1.29, 1.82) is 0 Å². The Bertz CT molecular complexity index is 1170. The predicted molar refractivity (Wildman–Crippen MR) is 114 cm³/mol. The molecular formula is C21H16N4O2S2. The van der Waals surface area contributed by atoms with Crippen LogP contribution < -0.4 is 0 Å². The Balaban J connectivity index is 1.39. The van der Waals surface area contributed by atoms with Crippen molar-refractivity contribution in [3.05, 3.63) is 77.1 Å². The van der Waals surface area contributed by atoms with Gasteiger partial charge in [-0.15, -0.1) is 11.3 Å². The fraction of sp³-hybridized carbons (Fsp3) is 0.143. The highest BCUT2D eigenvalue weighted by Gasteiger charge is 2.34. The second kappa shape index (κ2) is 7.81. The summed E-state index contributed by atoms with van der Waals surface area (Å²) < 4.78 is 5.50. The predicted octanol–water partition coefficient (Wildman–Crippen LogP) is 4.75. The quantitative estimate of drug-likeness (QED) is 0.344. The minimum atomic E-state index is -0.106. The first kappa shape index (κ1) is 18.1. The molecule has 0 aliphatic carbocycles. The van der Waals surface area contributed by atoms with Crippen molar-refractivity contribution in [2.75, 3.05) is 5.75 Å². The molecule has 1 aromatic carbocycles. The number of hydrogen-bond donors (Lipinski definition) is 0. The van der Waals surface area contributed by atoms with Gasteiger partial charge in [-0.05, 0) is 29.6 Å². The van der Waals surface area contributed by atoms with E-state index in [0.717, 1.165) is 26.5 Å². The average molecular weight is 421 g/mol. The summed E-state index contributed by atoms with van der Waals surface area (Å²) in [6.45, 7) is 0. The number of thioether (sulfide) groups is 1. The van der Waals surface area contributed by atoms with Crippen molar-refractivity contribution < 1.29 is 9.21 Å². The van der Waals surface area contributed by atoms with Crippen LogP contribution in [0.5, 0.6) is 0 Å². The molecule has 5 rings (SSSR count). The number of hydrazone groups is 1. The van der Waals surface area contributed by atoms with Gasteiger partial charge in [0.25, 0.3) is 5.91 Å². The molecule has 4 heterocycles. The first-order valence-corrected chi connectivity index (χ1v) is 11.0. The second-order valence-electron chi connectivity index (χ2n) is 6.48. The van der Waals surface area contributed by atoms with E-state index < -0.39 is 0 Å². The van der Waals surface area contributed by atoms with Crippen LogP contribution in [-0.4, -0.2) is 32.3 Å². The summed E-state index contributed by atoms with van der Waals surface area (Å²) in [7, 11) is 0. The highest BCUT2D eigenvalue weighted by atomic mass is 32.2. The maximum atomic E-state index is 13.1. The zero-order chi connectivity index (χ0) is 19.6. The molecule has 1 atom stereocenters. The van der Waals surface area contributed by atoms with Gasteiger partial charge in [-0.1, -0.05) is 36.0 Å². The van der Waals surface area contributed by atoms with Gasteiger partial charge in [0.05, 0.1) is 23.6 Å². The Labute approximate surface area is 175 Å². The molecule has 1 amide bonds. The van der Waals surface area contributed by atoms with Crippen LogP contribution in [0.15, 0.2) is 81.0 Å². The van der Waals surface area contributed by atoms with Crippen LogP contribution in [0.4, 0.5) is 0 Å². The van der Waals surface area contributed by atoms with Crippen LogP contribution in [0.25, 0.3) is 10.9 Å². The van der Waals surface area contributed by atoms with Crippen LogP contribution in [0, 0.1) is 0 Å². The summed E-state index contributed by atoms with van der Waals surface area (Å²) in [6.07, 6.45) is 3.80. The molecule has 4 aromatic rings. The minimum Gasteiger partial charge on any atom is -0.463 e. The topological polar surface area (TPSA) is 71.6 Å². The standard InChI is InChI=1S/C21H16N4O2S2/c26-20(12-29-21-14-5-1-2-6-15(14)22-13-23-21)25-17(19-8-4-10-28-19)11-16(24-25)18-7-3-9-27-18/h1-10,13,17H,11-12H2. The average Bonchev–Trinajstić information content (AvgIpc) is 3.52. The zero-order valence-corrected chi connectivity index (χ0v) is 16.9. The lowest BCUT2D eigenvalue weighted by molar-refractivity contribution is -0.130. The van der Waals surface area contributed by atoms with E-state index in [9.17, 15) is 4.79 Å². The number of carbonyl (C=O) groups is 1. The molecule has 0 N–H and O–H groups in total. The molecule has 1 aliphatic rings. The van der Waals surface area contributed by atoms with Crippen molar-refractivity contribution in [1.82, 2.24) is 15.0 Å². The molecule has 0 saturated heterocycles. The number of rotatable bonds is 5. The molecular weight excluding hydrogens is 404 g/mol. The summed E-state index contributed by atoms with van der Waals surface area (Å²) in [4.78, 5) is 22.9. The SMILES string of the molecule is O=C(CSc1ncnc2ccccc12)N1N=C(c2ccco2)CC1c1cccs1. The molecule has 0 radical (unpaired) electrons. The largest absolute Gasteiger partial charge is 0.463 e. The van der Waals surface area contributed by atoms with Gasteiger partial charge in [0.2, 0.25) is 0 Å². The van der Waals surface area contributed by atoms with Crippen LogP contribution in [0.1, 0.15) is 23.1 Å². The lowest BCUT2D eigenvalue weighted by Crippen LogP contribution is -2.28. The van der Waals surface area contributed by atoms with E-state index >= 15 is 0 Å². The van der Waals surface area contributed by atoms with Crippen LogP contribution in [0.3, 0.4) is 0 Å². The van der Waals surface area contributed by atoms with Crippen molar-refractivity contribution >= 4 is 45.6 Å². The molecule has 0 saturated carbocycles. The lowest BCUT2D eigenvalue weighted by atomic mass is 10.1. The van der Waals surface area contributed by atoms with E-state index in [1.54, 1.807) is 22.6 Å². The third-order valence-corrected chi connectivity index (χ3v) is 6.65. The minimum absolute atomic E-state index is 0.0577. The van der Waals surface area contributed by atoms with Gasteiger partial charge in [0.1, 0.15) is 22.8 Å². The number of nitrogens with zero attached hydrogens (tertiary/aromatic N) is 4. The van der Waals surface area contributed by atoms with E-state index in [0.29, 0.717) is 12.2 Å². The molecule has 1 unspecified atom stereocenters. The molecule has 0 bridgehead atoms. The van der Waals surface area contributed by atoms with Gasteiger partial charge >= 0.3 is 0 Å². The summed E-state index contributed by atoms with van der Waals surface area (Å²) in [6, 6.07) is 15.4. The summed E-state index contributed by atoms with van der Waals surface area (Å²) in [5.41, 5.74) is 1.66. The highest BCUT2D eigenvalue weighted by molar-refractivity contribution is 8.00. The number of hydrogen-bond acceptors (Lipinski definition) is 7. The molecule has 6 nitrogen and oxygen atoms in total. The Morgan fingerprint density at radius 3 is 2.93 bits per heavy atom. The normalized spacial score (nSPS) is 16.3. The first-order chi connectivity index (χ1) is 14.3. The van der Waals surface area contributed by atoms with Crippen molar-refractivity contribution in [2.24, 2.45) is 5.10 Å². The summed E-state index contributed by atoms with van der Waals surface area (Å²) in [5, 5.41) is 9.97. The smallest absolute Gasteiger partial charge is 0.253 e. The van der Waals surface area contributed by atoms with Crippen molar-refractivity contribution in [3.8, 4) is 0 Å². The van der Waals surface area contributed by atoms with Crippen molar-refractivity contribution in [2.45, 2.75) is 17.5 Å². The number of fused-ring (bicyclic) bond motifs is 1. The Kier molecular flexibility index (Phi) is 4.87. The van der Waals surface area contributed by atoms with E-state index in [2.05, 4.69) is 15.1 Å². The van der Waals surface area contributed by atoms with Gasteiger partial charge in [-0.3, -0.25) is 4.79 Å². The number of para-hydroxylation sites is 1. The Morgan fingerprint density at radius 2 is 2.10 bits per heavy atom. The molecule has 0 fully saturated rings. The van der Waals surface area contributed by atoms with E-state index in [-0.39, 0.29) is 17.7 Å². The van der Waals surface area contributed by atoms with Crippen molar-refractivity contribution in [3.63, 3.8) is 0 Å². The molecule has 0 spiro atoms. The number of thiophene rings is 1. The van der Waals surface area contributed by atoms with E-state index in [4.69, 9.17) is 4.42 Å². The number of carbonyl (C=O) groups excluding carboxylic acids is 1. The summed E-state index contributed by atoms with van der Waals surface area (Å²) >= 11 is 3.04. The van der Waals surface area contributed by atoms with Gasteiger partial charge in [-0.25, -0.2) is 15.0 Å². The number of aromatic nitrogens is 2. The Hall–Kier alpha value is -2.97. The lowest BCUT2D eigenvalue weighted by Gasteiger charge is -2.20. The molecule has 3 aromatic heterocycles. The molecule has 8 heteroatoms. The maximum absolute atomic E-state index is 13.1. The van der Waals surface area contributed by atoms with Crippen LogP contribution >= 0.6 is 23.1 Å². The Morgan fingerprint density at radius 1 is 1.17 bits per heavy atom. The van der Waals surface area contributed by atoms with E-state index in [1.807, 2.05) is 53.9 Å². The van der Waals surface area contributed by atoms with E-state index in [1.165, 1.54) is 18.1 Å². The molecule has 1 aliphatic heterocycles. The van der Waals surface area contributed by atoms with Gasteiger partial charge in [-0.2, -0.15) is 5.10 Å². The molecule has 29 heavy (non-hydrogen) atoms. The number of amides is 1. The van der Waals surface area contributed by atoms with Gasteiger partial charge in [0, 0.05) is 16.7 Å². The fourth-order valence-corrected chi connectivity index (χ4v) is 4.98. The number of furan rings is 1. The van der Waals surface area contributed by atoms with Gasteiger partial charge in [0.15, 0.2) is 0 Å². The monoisotopic (exact) mass is 420 g/mol. The maximum Gasteiger partial charge on any atom is 0.253 e. The van der Waals surface area contributed by atoms with Crippen LogP contribution in [0.2, 0.25) is 0 Å².